The molecule has 0 radical (unpaired) electrons. The maximum Gasteiger partial charge on any atom is 0.135 e. The molecule has 9 aromatic carbocycles. The third kappa shape index (κ3) is 5.26. The molecule has 3 aromatic heterocycles. The Morgan fingerprint density at radius 3 is 1.95 bits per heavy atom. The zero-order valence-electron chi connectivity index (χ0n) is 33.9. The Kier molecular flexibility index (Phi) is 7.70. The summed E-state index contributed by atoms with van der Waals surface area (Å²) in [7, 11) is 0. The number of fused-ring (bicyclic) bond motifs is 11. The van der Waals surface area contributed by atoms with Crippen molar-refractivity contribution in [3.8, 4) is 22.5 Å². The summed E-state index contributed by atoms with van der Waals surface area (Å²) < 4.78 is 11.2. The normalized spacial score (nSPS) is 12.6. The summed E-state index contributed by atoms with van der Waals surface area (Å²) in [6.45, 7) is 0. The third-order valence-corrected chi connectivity index (χ3v) is 13.0. The lowest BCUT2D eigenvalue weighted by molar-refractivity contribution is 0.669. The van der Waals surface area contributed by atoms with Crippen LogP contribution in [0.3, 0.4) is 0 Å². The second kappa shape index (κ2) is 13.7. The van der Waals surface area contributed by atoms with Crippen LogP contribution in [-0.2, 0) is 6.42 Å². The maximum atomic E-state index is 6.31. The molecule has 0 atom stereocenters. The number of rotatable bonds is 6. The van der Waals surface area contributed by atoms with Crippen LogP contribution >= 0.6 is 0 Å². The maximum absolute atomic E-state index is 6.31. The summed E-state index contributed by atoms with van der Waals surface area (Å²) in [5.41, 5.74) is 16.0. The number of furan rings is 1. The van der Waals surface area contributed by atoms with Crippen molar-refractivity contribution in [2.75, 3.05) is 4.90 Å². The molecule has 0 saturated carbocycles. The standard InChI is InChI=1S/C58H39N3O/c1-2-14-41(15-3-1)60-51-21-10-7-19-48(51)58-52(22-12-23-53(58)60)59(44-34-36-56-49(37-44)46-17-8-11-24-55(46)62-56)42-30-25-38(26-31-42)39-27-32-43(33-28-39)61-50-20-9-6-18-47(50)57-45-16-5-4-13-40(45)29-35-54(57)61/h1-5,7-17,19-37H,6,18H2. The monoisotopic (exact) mass is 793 g/mol. The van der Waals surface area contributed by atoms with Crippen molar-refractivity contribution in [2.45, 2.75) is 12.8 Å². The Hall–Kier alpha value is -8.08. The summed E-state index contributed by atoms with van der Waals surface area (Å²) in [6.07, 6.45) is 6.76. The van der Waals surface area contributed by atoms with Crippen LogP contribution in [0.15, 0.2) is 211 Å². The number of para-hydroxylation sites is 3. The van der Waals surface area contributed by atoms with Gasteiger partial charge in [0, 0.05) is 55.4 Å². The van der Waals surface area contributed by atoms with Gasteiger partial charge in [-0.2, -0.15) is 0 Å². The minimum Gasteiger partial charge on any atom is -0.456 e. The second-order valence-corrected chi connectivity index (χ2v) is 16.4. The average Bonchev–Trinajstić information content (AvgIpc) is 4.00. The molecule has 12 aromatic rings. The molecule has 1 aliphatic carbocycles. The van der Waals surface area contributed by atoms with Crippen molar-refractivity contribution in [1.29, 1.82) is 0 Å². The number of aryl methyl sites for hydroxylation is 1. The van der Waals surface area contributed by atoms with Gasteiger partial charge in [-0.05, 0) is 131 Å². The van der Waals surface area contributed by atoms with Crippen molar-refractivity contribution in [3.05, 3.63) is 218 Å². The van der Waals surface area contributed by atoms with E-state index in [4.69, 9.17) is 4.42 Å². The molecule has 292 valence electrons. The number of benzene rings is 9. The van der Waals surface area contributed by atoms with Gasteiger partial charge in [0.15, 0.2) is 0 Å². The van der Waals surface area contributed by atoms with Gasteiger partial charge in [0.2, 0.25) is 0 Å². The van der Waals surface area contributed by atoms with E-state index in [2.05, 4.69) is 214 Å². The fourth-order valence-corrected chi connectivity index (χ4v) is 10.2. The van der Waals surface area contributed by atoms with Gasteiger partial charge in [0.05, 0.1) is 22.2 Å². The summed E-state index contributed by atoms with van der Waals surface area (Å²) in [6, 6.07) is 72.5. The van der Waals surface area contributed by atoms with Gasteiger partial charge in [0.25, 0.3) is 0 Å². The molecular formula is C58H39N3O. The summed E-state index contributed by atoms with van der Waals surface area (Å²) in [5, 5.41) is 8.62. The van der Waals surface area contributed by atoms with Gasteiger partial charge in [-0.3, -0.25) is 0 Å². The molecule has 13 rings (SSSR count). The fraction of sp³-hybridized carbons (Fsp3) is 0.0345. The Balaban J connectivity index is 0.948. The van der Waals surface area contributed by atoms with Crippen molar-refractivity contribution in [1.82, 2.24) is 9.13 Å². The van der Waals surface area contributed by atoms with Gasteiger partial charge >= 0.3 is 0 Å². The molecule has 0 saturated heterocycles. The van der Waals surface area contributed by atoms with Crippen LogP contribution in [0.1, 0.15) is 17.7 Å². The Morgan fingerprint density at radius 1 is 0.435 bits per heavy atom. The zero-order valence-corrected chi connectivity index (χ0v) is 33.9. The lowest BCUT2D eigenvalue weighted by Gasteiger charge is -2.27. The summed E-state index contributed by atoms with van der Waals surface area (Å²) >= 11 is 0. The van der Waals surface area contributed by atoms with Crippen LogP contribution in [0.25, 0.3) is 94.0 Å². The number of hydrogen-bond donors (Lipinski definition) is 0. The Morgan fingerprint density at radius 2 is 1.10 bits per heavy atom. The average molecular weight is 794 g/mol. The van der Waals surface area contributed by atoms with Gasteiger partial charge in [-0.1, -0.05) is 121 Å². The van der Waals surface area contributed by atoms with Gasteiger partial charge in [-0.25, -0.2) is 0 Å². The first-order valence-electron chi connectivity index (χ1n) is 21.5. The highest BCUT2D eigenvalue weighted by Gasteiger charge is 2.23. The lowest BCUT2D eigenvalue weighted by atomic mass is 9.97. The quantitative estimate of drug-likeness (QED) is 0.168. The van der Waals surface area contributed by atoms with Crippen LogP contribution in [0, 0.1) is 0 Å². The molecule has 0 bridgehead atoms. The van der Waals surface area contributed by atoms with Crippen molar-refractivity contribution in [3.63, 3.8) is 0 Å². The molecule has 4 heteroatoms. The predicted molar refractivity (Wildman–Crippen MR) is 260 cm³/mol. The van der Waals surface area contributed by atoms with Crippen molar-refractivity contribution in [2.24, 2.45) is 0 Å². The minimum absolute atomic E-state index is 0.880. The number of anilines is 3. The summed E-state index contributed by atoms with van der Waals surface area (Å²) in [5.74, 6) is 0. The van der Waals surface area contributed by atoms with Gasteiger partial charge in [-0.15, -0.1) is 0 Å². The van der Waals surface area contributed by atoms with Crippen LogP contribution in [0.4, 0.5) is 17.1 Å². The van der Waals surface area contributed by atoms with E-state index in [-0.39, 0.29) is 0 Å². The fourth-order valence-electron chi connectivity index (χ4n) is 10.2. The molecule has 62 heavy (non-hydrogen) atoms. The van der Waals surface area contributed by atoms with Crippen molar-refractivity contribution >= 4 is 88.6 Å². The van der Waals surface area contributed by atoms with Crippen LogP contribution in [0.2, 0.25) is 0 Å². The third-order valence-electron chi connectivity index (χ3n) is 13.0. The largest absolute Gasteiger partial charge is 0.456 e. The number of aromatic nitrogens is 2. The highest BCUT2D eigenvalue weighted by molar-refractivity contribution is 6.17. The van der Waals surface area contributed by atoms with E-state index in [1.54, 1.807) is 0 Å². The molecule has 1 aliphatic rings. The zero-order chi connectivity index (χ0) is 40.7. The van der Waals surface area contributed by atoms with E-state index in [0.717, 1.165) is 63.0 Å². The highest BCUT2D eigenvalue weighted by atomic mass is 16.3. The van der Waals surface area contributed by atoms with Crippen LogP contribution < -0.4 is 4.90 Å². The lowest BCUT2D eigenvalue weighted by Crippen LogP contribution is -2.10. The van der Waals surface area contributed by atoms with Crippen LogP contribution in [0.5, 0.6) is 0 Å². The van der Waals surface area contributed by atoms with E-state index in [9.17, 15) is 0 Å². The van der Waals surface area contributed by atoms with E-state index in [0.29, 0.717) is 0 Å². The first-order valence-corrected chi connectivity index (χ1v) is 21.5. The van der Waals surface area contributed by atoms with E-state index in [1.807, 2.05) is 12.1 Å². The molecule has 4 nitrogen and oxygen atoms in total. The van der Waals surface area contributed by atoms with E-state index < -0.39 is 0 Å². The van der Waals surface area contributed by atoms with E-state index in [1.165, 1.54) is 66.0 Å². The molecule has 0 amide bonds. The Labute approximate surface area is 358 Å². The minimum atomic E-state index is 0.880. The molecule has 0 aliphatic heterocycles. The van der Waals surface area contributed by atoms with Gasteiger partial charge < -0.3 is 18.5 Å². The van der Waals surface area contributed by atoms with Gasteiger partial charge in [0.1, 0.15) is 11.2 Å². The molecule has 0 fully saturated rings. The highest BCUT2D eigenvalue weighted by Crippen LogP contribution is 2.46. The molecule has 0 unspecified atom stereocenters. The molecule has 3 heterocycles. The molecule has 0 spiro atoms. The number of allylic oxidation sites excluding steroid dienone is 1. The second-order valence-electron chi connectivity index (χ2n) is 16.4. The first-order chi connectivity index (χ1) is 30.8. The SMILES string of the molecule is C1=Cc2c(c3c4ccccc4ccc3n2-c2ccc(-c3ccc(N(c4ccc5oc6ccccc6c5c4)c4cccc5c4c4ccccc4n5-c4ccccc4)cc3)cc2)CC1. The first kappa shape index (κ1) is 34.8. The summed E-state index contributed by atoms with van der Waals surface area (Å²) in [4.78, 5) is 2.41. The molecular weight excluding hydrogens is 755 g/mol. The number of hydrogen-bond acceptors (Lipinski definition) is 2. The topological polar surface area (TPSA) is 26.2 Å². The number of nitrogens with zero attached hydrogens (tertiary/aromatic N) is 3. The Bertz CT molecular complexity index is 3730. The molecule has 0 N–H and O–H groups in total. The smallest absolute Gasteiger partial charge is 0.135 e. The van der Waals surface area contributed by atoms with Crippen LogP contribution in [-0.4, -0.2) is 9.13 Å². The predicted octanol–water partition coefficient (Wildman–Crippen LogP) is 15.9. The van der Waals surface area contributed by atoms with E-state index >= 15 is 0 Å². The van der Waals surface area contributed by atoms with Crippen molar-refractivity contribution < 1.29 is 4.42 Å².